The fourth-order valence-electron chi connectivity index (χ4n) is 5.10. The van der Waals surface area contributed by atoms with Gasteiger partial charge in [-0.15, -0.1) is 0 Å². The molecule has 3 aromatic heterocycles. The maximum Gasteiger partial charge on any atom is 0.274 e. The topological polar surface area (TPSA) is 53.5 Å². The number of hydrogen-bond acceptors (Lipinski definition) is 3. The van der Waals surface area contributed by atoms with E-state index >= 15 is 0 Å². The van der Waals surface area contributed by atoms with Crippen molar-refractivity contribution in [3.63, 3.8) is 0 Å². The van der Waals surface area contributed by atoms with Crippen LogP contribution in [0.5, 0.6) is 5.75 Å². The zero-order valence-corrected chi connectivity index (χ0v) is 21.5. The second kappa shape index (κ2) is 9.34. The monoisotopic (exact) mass is 506 g/mol. The zero-order valence-electron chi connectivity index (χ0n) is 21.5. The molecule has 38 heavy (non-hydrogen) atoms. The predicted molar refractivity (Wildman–Crippen MR) is 148 cm³/mol. The Bertz CT molecular complexity index is 1840. The summed E-state index contributed by atoms with van der Waals surface area (Å²) in [5, 5.41) is 0.707. The van der Waals surface area contributed by atoms with Crippen molar-refractivity contribution in [1.29, 1.82) is 0 Å². The summed E-state index contributed by atoms with van der Waals surface area (Å²) in [7, 11) is 1.91. The first-order valence-electron chi connectivity index (χ1n) is 12.6. The Kier molecular flexibility index (Phi) is 5.83. The molecule has 0 fully saturated rings. The van der Waals surface area contributed by atoms with Crippen LogP contribution < -0.4 is 10.3 Å². The highest BCUT2D eigenvalue weighted by Crippen LogP contribution is 2.31. The Morgan fingerprint density at radius 2 is 1.61 bits per heavy atom. The number of benzene rings is 3. The molecule has 0 atom stereocenters. The van der Waals surface area contributed by atoms with E-state index < -0.39 is 0 Å². The van der Waals surface area contributed by atoms with Crippen LogP contribution in [0.1, 0.15) is 18.2 Å². The molecule has 0 saturated heterocycles. The lowest BCUT2D eigenvalue weighted by Crippen LogP contribution is -2.19. The van der Waals surface area contributed by atoms with Gasteiger partial charge in [-0.05, 0) is 66.9 Å². The number of rotatable bonds is 6. The minimum atomic E-state index is -0.243. The van der Waals surface area contributed by atoms with Crippen molar-refractivity contribution in [2.45, 2.75) is 27.0 Å². The van der Waals surface area contributed by atoms with Crippen molar-refractivity contribution in [2.75, 3.05) is 0 Å². The molecule has 6 rings (SSSR count). The first-order valence-corrected chi connectivity index (χ1v) is 12.6. The van der Waals surface area contributed by atoms with Crippen molar-refractivity contribution >= 4 is 16.6 Å². The molecule has 0 aliphatic rings. The van der Waals surface area contributed by atoms with E-state index in [9.17, 15) is 9.18 Å². The summed E-state index contributed by atoms with van der Waals surface area (Å²) in [5.41, 5.74) is 7.49. The van der Waals surface area contributed by atoms with Crippen LogP contribution in [0.25, 0.3) is 38.9 Å². The molecule has 190 valence electrons. The lowest BCUT2D eigenvalue weighted by molar-refractivity contribution is 0.308. The number of aryl methyl sites for hydroxylation is 2. The standard InChI is InChI=1S/C31H27FN4O2/c1-4-36-31(37)26-16-13-24(18-27(26)34(36)3)29-20(2)33-30-28(6-5-17-35(29)30)38-19-21-7-9-22(10-8-21)23-11-14-25(32)15-12-23/h5-18H,4,19H2,1-3H3. The third-order valence-electron chi connectivity index (χ3n) is 7.06. The van der Waals surface area contributed by atoms with Crippen LogP contribution in [0, 0.1) is 12.7 Å². The maximum atomic E-state index is 13.2. The Labute approximate surface area is 219 Å². The summed E-state index contributed by atoms with van der Waals surface area (Å²) < 4.78 is 25.1. The summed E-state index contributed by atoms with van der Waals surface area (Å²) in [6.45, 7) is 4.96. The van der Waals surface area contributed by atoms with Crippen molar-refractivity contribution in [3.05, 3.63) is 112 Å². The summed E-state index contributed by atoms with van der Waals surface area (Å²) in [6, 6.07) is 24.3. The van der Waals surface area contributed by atoms with E-state index in [1.807, 2.05) is 84.7 Å². The zero-order chi connectivity index (χ0) is 26.4. The summed E-state index contributed by atoms with van der Waals surface area (Å²) in [5.74, 6) is 0.446. The molecule has 0 saturated carbocycles. The summed E-state index contributed by atoms with van der Waals surface area (Å²) >= 11 is 0. The van der Waals surface area contributed by atoms with Gasteiger partial charge >= 0.3 is 0 Å². The maximum absolute atomic E-state index is 13.2. The van der Waals surface area contributed by atoms with Crippen LogP contribution in [0.3, 0.4) is 0 Å². The van der Waals surface area contributed by atoms with Crippen molar-refractivity contribution in [1.82, 2.24) is 18.7 Å². The quantitative estimate of drug-likeness (QED) is 0.264. The fraction of sp³-hybridized carbons (Fsp3) is 0.161. The highest BCUT2D eigenvalue weighted by molar-refractivity contribution is 5.85. The van der Waals surface area contributed by atoms with Gasteiger partial charge in [0.2, 0.25) is 0 Å². The van der Waals surface area contributed by atoms with E-state index in [2.05, 4.69) is 6.07 Å². The van der Waals surface area contributed by atoms with Gasteiger partial charge in [0.15, 0.2) is 11.4 Å². The molecule has 0 radical (unpaired) electrons. The van der Waals surface area contributed by atoms with Gasteiger partial charge < -0.3 is 4.74 Å². The fourth-order valence-corrected chi connectivity index (χ4v) is 5.10. The molecule has 3 aromatic carbocycles. The first-order chi connectivity index (χ1) is 18.4. The number of hydrogen-bond donors (Lipinski definition) is 0. The first kappa shape index (κ1) is 23.7. The van der Waals surface area contributed by atoms with Gasteiger partial charge in [-0.25, -0.2) is 9.37 Å². The van der Waals surface area contributed by atoms with Crippen LogP contribution in [0.4, 0.5) is 4.39 Å². The van der Waals surface area contributed by atoms with Crippen LogP contribution in [-0.2, 0) is 20.2 Å². The van der Waals surface area contributed by atoms with E-state index in [-0.39, 0.29) is 11.4 Å². The number of nitrogens with zero attached hydrogens (tertiary/aromatic N) is 4. The molecule has 6 nitrogen and oxygen atoms in total. The molecule has 0 bridgehead atoms. The number of pyridine rings is 1. The molecular formula is C31H27FN4O2. The van der Waals surface area contributed by atoms with Crippen LogP contribution in [0.15, 0.2) is 89.9 Å². The average molecular weight is 507 g/mol. The minimum absolute atomic E-state index is 0.0211. The minimum Gasteiger partial charge on any atom is -0.485 e. The molecule has 0 unspecified atom stereocenters. The van der Waals surface area contributed by atoms with Gasteiger partial charge in [0.1, 0.15) is 12.4 Å². The van der Waals surface area contributed by atoms with Gasteiger partial charge in [-0.3, -0.25) is 18.6 Å². The second-order valence-corrected chi connectivity index (χ2v) is 9.38. The average Bonchev–Trinajstić information content (AvgIpc) is 3.40. The SMILES string of the molecule is CCn1c(=O)c2ccc(-c3c(C)nc4c(OCc5ccc(-c6ccc(F)cc6)cc5)cccn34)cc2n1C. The van der Waals surface area contributed by atoms with E-state index in [1.165, 1.54) is 12.1 Å². The van der Waals surface area contributed by atoms with Gasteiger partial charge in [0, 0.05) is 25.4 Å². The number of halogens is 1. The number of aromatic nitrogens is 4. The normalized spacial score (nSPS) is 11.5. The largest absolute Gasteiger partial charge is 0.485 e. The third kappa shape index (κ3) is 3.96. The number of ether oxygens (including phenoxy) is 1. The van der Waals surface area contributed by atoms with E-state index in [1.54, 1.807) is 16.8 Å². The molecule has 3 heterocycles. The van der Waals surface area contributed by atoms with E-state index in [0.29, 0.717) is 24.3 Å². The summed E-state index contributed by atoms with van der Waals surface area (Å²) in [6.07, 6.45) is 1.98. The second-order valence-electron chi connectivity index (χ2n) is 9.38. The van der Waals surface area contributed by atoms with Gasteiger partial charge in [0.25, 0.3) is 5.56 Å². The van der Waals surface area contributed by atoms with Gasteiger partial charge in [-0.1, -0.05) is 42.5 Å². The summed E-state index contributed by atoms with van der Waals surface area (Å²) in [4.78, 5) is 17.5. The molecule has 0 N–H and O–H groups in total. The smallest absolute Gasteiger partial charge is 0.274 e. The van der Waals surface area contributed by atoms with Crippen LogP contribution in [0.2, 0.25) is 0 Å². The lowest BCUT2D eigenvalue weighted by Gasteiger charge is -2.10. The Morgan fingerprint density at radius 3 is 2.32 bits per heavy atom. The molecule has 0 amide bonds. The van der Waals surface area contributed by atoms with E-state index in [4.69, 9.17) is 9.72 Å². The number of fused-ring (bicyclic) bond motifs is 2. The predicted octanol–water partition coefficient (Wildman–Crippen LogP) is 6.37. The van der Waals surface area contributed by atoms with E-state index in [0.717, 1.165) is 44.8 Å². The molecular weight excluding hydrogens is 479 g/mol. The van der Waals surface area contributed by atoms with Crippen LogP contribution in [-0.4, -0.2) is 18.7 Å². The Hall–Kier alpha value is -4.65. The van der Waals surface area contributed by atoms with Gasteiger partial charge in [0.05, 0.1) is 22.3 Å². The van der Waals surface area contributed by atoms with Crippen molar-refractivity contribution in [3.8, 4) is 28.1 Å². The molecule has 0 spiro atoms. The molecule has 0 aliphatic carbocycles. The third-order valence-corrected chi connectivity index (χ3v) is 7.06. The number of imidazole rings is 1. The molecule has 6 aromatic rings. The Balaban J connectivity index is 1.30. The molecule has 0 aliphatic heterocycles. The van der Waals surface area contributed by atoms with Crippen molar-refractivity contribution in [2.24, 2.45) is 7.05 Å². The lowest BCUT2D eigenvalue weighted by atomic mass is 10.0. The Morgan fingerprint density at radius 1 is 0.921 bits per heavy atom. The van der Waals surface area contributed by atoms with Crippen molar-refractivity contribution < 1.29 is 9.13 Å². The van der Waals surface area contributed by atoms with Gasteiger partial charge in [-0.2, -0.15) is 0 Å². The highest BCUT2D eigenvalue weighted by Gasteiger charge is 2.17. The van der Waals surface area contributed by atoms with Crippen LogP contribution >= 0.6 is 0 Å². The highest BCUT2D eigenvalue weighted by atomic mass is 19.1. The molecule has 7 heteroatoms.